The van der Waals surface area contributed by atoms with E-state index >= 15 is 0 Å². The van der Waals surface area contributed by atoms with E-state index in [1.807, 2.05) is 0 Å². The van der Waals surface area contributed by atoms with Gasteiger partial charge >= 0.3 is 0 Å². The Morgan fingerprint density at radius 1 is 1.08 bits per heavy atom. The molecular weight excluding hydrogens is 174 g/mol. The molecule has 1 rings (SSSR count). The lowest BCUT2D eigenvalue weighted by atomic mass is 10.2. The molecule has 0 radical (unpaired) electrons. The van der Waals surface area contributed by atoms with Gasteiger partial charge in [-0.25, -0.2) is 17.6 Å². The Labute approximate surface area is 65.8 Å². The summed E-state index contributed by atoms with van der Waals surface area (Å²) in [6.07, 6.45) is -3.03. The summed E-state index contributed by atoms with van der Waals surface area (Å²) in [5.74, 6) is -2.23. The molecule has 0 bridgehead atoms. The standard InChI is InChI=1S/C7H5F4N/c8-4-2-6(12)5(9)1-3(4)7(10)11/h1-2,7H,12H2. The molecule has 0 aromatic heterocycles. The maximum atomic E-state index is 12.6. The van der Waals surface area contributed by atoms with E-state index in [9.17, 15) is 17.6 Å². The first-order valence-corrected chi connectivity index (χ1v) is 3.05. The molecule has 12 heavy (non-hydrogen) atoms. The highest BCUT2D eigenvalue weighted by atomic mass is 19.3. The zero-order chi connectivity index (χ0) is 9.30. The maximum Gasteiger partial charge on any atom is 0.266 e. The molecule has 0 atom stereocenters. The van der Waals surface area contributed by atoms with Crippen LogP contribution in [0, 0.1) is 11.6 Å². The molecule has 1 aromatic rings. The largest absolute Gasteiger partial charge is 0.396 e. The molecule has 0 saturated heterocycles. The van der Waals surface area contributed by atoms with Crippen molar-refractivity contribution in [3.63, 3.8) is 0 Å². The number of anilines is 1. The smallest absolute Gasteiger partial charge is 0.266 e. The fraction of sp³-hybridized carbons (Fsp3) is 0.143. The molecule has 0 spiro atoms. The van der Waals surface area contributed by atoms with E-state index < -0.39 is 29.3 Å². The van der Waals surface area contributed by atoms with Crippen LogP contribution in [0.15, 0.2) is 12.1 Å². The molecule has 1 aromatic carbocycles. The zero-order valence-electron chi connectivity index (χ0n) is 5.82. The summed E-state index contributed by atoms with van der Waals surface area (Å²) in [5.41, 5.74) is 3.48. The third-order valence-corrected chi connectivity index (χ3v) is 1.35. The van der Waals surface area contributed by atoms with Crippen LogP contribution in [0.2, 0.25) is 0 Å². The second kappa shape index (κ2) is 3.00. The summed E-state index contributed by atoms with van der Waals surface area (Å²) < 4.78 is 48.8. The monoisotopic (exact) mass is 179 g/mol. The molecule has 0 heterocycles. The van der Waals surface area contributed by atoms with Gasteiger partial charge in [0.2, 0.25) is 0 Å². The van der Waals surface area contributed by atoms with Gasteiger partial charge < -0.3 is 5.73 Å². The number of halogens is 4. The van der Waals surface area contributed by atoms with Crippen LogP contribution in [0.4, 0.5) is 23.2 Å². The SMILES string of the molecule is Nc1cc(F)c(C(F)F)cc1F. The second-order valence-corrected chi connectivity index (χ2v) is 2.20. The Morgan fingerprint density at radius 2 is 1.67 bits per heavy atom. The highest BCUT2D eigenvalue weighted by Gasteiger charge is 2.15. The van der Waals surface area contributed by atoms with Crippen molar-refractivity contribution < 1.29 is 17.6 Å². The summed E-state index contributed by atoms with van der Waals surface area (Å²) in [6.45, 7) is 0. The van der Waals surface area contributed by atoms with E-state index in [0.29, 0.717) is 12.1 Å². The highest BCUT2D eigenvalue weighted by Crippen LogP contribution is 2.25. The van der Waals surface area contributed by atoms with Crippen molar-refractivity contribution in [2.75, 3.05) is 5.73 Å². The minimum Gasteiger partial charge on any atom is -0.396 e. The molecule has 1 nitrogen and oxygen atoms in total. The molecule has 0 amide bonds. The lowest BCUT2D eigenvalue weighted by Gasteiger charge is -2.03. The maximum absolute atomic E-state index is 12.6. The van der Waals surface area contributed by atoms with Crippen molar-refractivity contribution >= 4 is 5.69 Å². The predicted molar refractivity (Wildman–Crippen MR) is 35.7 cm³/mol. The topological polar surface area (TPSA) is 26.0 Å². The van der Waals surface area contributed by atoms with E-state index in [-0.39, 0.29) is 0 Å². The van der Waals surface area contributed by atoms with Gasteiger partial charge in [-0.2, -0.15) is 0 Å². The minimum absolute atomic E-state index is 0.398. The Balaban J connectivity index is 3.23. The molecule has 0 aliphatic carbocycles. The Bertz CT molecular complexity index is 298. The van der Waals surface area contributed by atoms with Gasteiger partial charge in [-0.15, -0.1) is 0 Å². The van der Waals surface area contributed by atoms with Gasteiger partial charge in [0.05, 0.1) is 11.3 Å². The molecular formula is C7H5F4N. The fourth-order valence-corrected chi connectivity index (χ4v) is 0.745. The molecule has 0 aliphatic rings. The van der Waals surface area contributed by atoms with Gasteiger partial charge in [0.25, 0.3) is 6.43 Å². The average molecular weight is 179 g/mol. The van der Waals surface area contributed by atoms with E-state index in [1.54, 1.807) is 0 Å². The first-order valence-electron chi connectivity index (χ1n) is 3.05. The van der Waals surface area contributed by atoms with E-state index in [2.05, 4.69) is 0 Å². The van der Waals surface area contributed by atoms with Crippen LogP contribution >= 0.6 is 0 Å². The van der Waals surface area contributed by atoms with Gasteiger partial charge in [-0.1, -0.05) is 0 Å². The van der Waals surface area contributed by atoms with Crippen LogP contribution in [-0.4, -0.2) is 0 Å². The number of hydrogen-bond acceptors (Lipinski definition) is 1. The minimum atomic E-state index is -3.03. The van der Waals surface area contributed by atoms with E-state index in [1.165, 1.54) is 0 Å². The van der Waals surface area contributed by atoms with Crippen molar-refractivity contribution in [1.82, 2.24) is 0 Å². The summed E-state index contributed by atoms with van der Waals surface area (Å²) in [4.78, 5) is 0. The molecule has 66 valence electrons. The Kier molecular flexibility index (Phi) is 2.21. The molecule has 0 aliphatic heterocycles. The van der Waals surface area contributed by atoms with Crippen LogP contribution in [0.25, 0.3) is 0 Å². The number of nitrogens with two attached hydrogens (primary N) is 1. The molecule has 0 unspecified atom stereocenters. The van der Waals surface area contributed by atoms with E-state index in [4.69, 9.17) is 5.73 Å². The third-order valence-electron chi connectivity index (χ3n) is 1.35. The van der Waals surface area contributed by atoms with E-state index in [0.717, 1.165) is 0 Å². The third kappa shape index (κ3) is 1.49. The van der Waals surface area contributed by atoms with Crippen molar-refractivity contribution in [1.29, 1.82) is 0 Å². The van der Waals surface area contributed by atoms with Crippen LogP contribution in [0.3, 0.4) is 0 Å². The van der Waals surface area contributed by atoms with Crippen molar-refractivity contribution in [2.45, 2.75) is 6.43 Å². The molecule has 0 saturated carbocycles. The predicted octanol–water partition coefficient (Wildman–Crippen LogP) is 2.48. The number of nitrogen functional groups attached to an aromatic ring is 1. The fourth-order valence-electron chi connectivity index (χ4n) is 0.745. The summed E-state index contributed by atoms with van der Waals surface area (Å²) in [6, 6.07) is 0.937. The summed E-state index contributed by atoms with van der Waals surface area (Å²) >= 11 is 0. The normalized spacial score (nSPS) is 10.8. The zero-order valence-corrected chi connectivity index (χ0v) is 5.82. The van der Waals surface area contributed by atoms with Gasteiger partial charge in [0.15, 0.2) is 0 Å². The highest BCUT2D eigenvalue weighted by molar-refractivity contribution is 5.42. The lowest BCUT2D eigenvalue weighted by Crippen LogP contribution is -1.97. The van der Waals surface area contributed by atoms with Crippen molar-refractivity contribution in [3.8, 4) is 0 Å². The number of alkyl halides is 2. The molecule has 0 fully saturated rings. The summed E-state index contributed by atoms with van der Waals surface area (Å²) in [5, 5.41) is 0. The average Bonchev–Trinajstić information content (AvgIpc) is 1.96. The second-order valence-electron chi connectivity index (χ2n) is 2.20. The molecule has 5 heteroatoms. The lowest BCUT2D eigenvalue weighted by molar-refractivity contribution is 0.146. The van der Waals surface area contributed by atoms with Crippen LogP contribution in [0.1, 0.15) is 12.0 Å². The Morgan fingerprint density at radius 3 is 2.17 bits per heavy atom. The van der Waals surface area contributed by atoms with Gasteiger partial charge in [0.1, 0.15) is 11.6 Å². The van der Waals surface area contributed by atoms with Crippen LogP contribution in [-0.2, 0) is 0 Å². The van der Waals surface area contributed by atoms with Crippen molar-refractivity contribution in [3.05, 3.63) is 29.3 Å². The summed E-state index contributed by atoms with van der Waals surface area (Å²) in [7, 11) is 0. The van der Waals surface area contributed by atoms with Gasteiger partial charge in [0, 0.05) is 6.07 Å². The van der Waals surface area contributed by atoms with Gasteiger partial charge in [-0.3, -0.25) is 0 Å². The first kappa shape index (κ1) is 8.83. The quantitative estimate of drug-likeness (QED) is 0.520. The number of hydrogen-bond donors (Lipinski definition) is 1. The van der Waals surface area contributed by atoms with Crippen LogP contribution in [0.5, 0.6) is 0 Å². The molecule has 2 N–H and O–H groups in total. The van der Waals surface area contributed by atoms with Crippen LogP contribution < -0.4 is 5.73 Å². The first-order chi connectivity index (χ1) is 5.52. The number of benzene rings is 1. The number of rotatable bonds is 1. The van der Waals surface area contributed by atoms with Crippen molar-refractivity contribution in [2.24, 2.45) is 0 Å². The Hall–Kier alpha value is -1.26. The van der Waals surface area contributed by atoms with Gasteiger partial charge in [-0.05, 0) is 6.07 Å².